The molecule has 240 valence electrons. The minimum atomic E-state index is -0.241. The normalized spacial score (nSPS) is 34.7. The number of hydrogen-bond acceptors (Lipinski definition) is 8. The summed E-state index contributed by atoms with van der Waals surface area (Å²) in [6, 6.07) is 2.22. The zero-order chi connectivity index (χ0) is 30.9. The van der Waals surface area contributed by atoms with Crippen LogP contribution in [0.5, 0.6) is 0 Å². The number of hydrogen-bond donors (Lipinski definition) is 0. The molecule has 45 heavy (non-hydrogen) atoms. The molecule has 2 saturated carbocycles. The van der Waals surface area contributed by atoms with Crippen LogP contribution in [0.3, 0.4) is 0 Å². The summed E-state index contributed by atoms with van der Waals surface area (Å²) in [4.78, 5) is 45.7. The Balaban J connectivity index is 1.06. The summed E-state index contributed by atoms with van der Waals surface area (Å²) in [6.45, 7) is 14.3. The number of fused-ring (bicyclic) bond motifs is 5. The molecule has 1 aromatic heterocycles. The van der Waals surface area contributed by atoms with Crippen LogP contribution in [-0.4, -0.2) is 78.8 Å². The van der Waals surface area contributed by atoms with E-state index in [2.05, 4.69) is 45.6 Å². The summed E-state index contributed by atoms with van der Waals surface area (Å²) in [7, 11) is 0. The number of Topliss-reactive ketones (excluding diaryl/α,β-unsaturated/α-hetero) is 1. The number of anilines is 3. The summed E-state index contributed by atoms with van der Waals surface area (Å²) in [6.07, 6.45) is 16.5. The molecule has 3 saturated heterocycles. The highest BCUT2D eigenvalue weighted by Crippen LogP contribution is 2.65. The highest BCUT2D eigenvalue weighted by molar-refractivity contribution is 6.02. The van der Waals surface area contributed by atoms with Gasteiger partial charge < -0.3 is 19.6 Å². The molecule has 5 fully saturated rings. The van der Waals surface area contributed by atoms with E-state index in [1.54, 1.807) is 6.92 Å². The molecule has 7 aliphatic rings. The van der Waals surface area contributed by atoms with Gasteiger partial charge in [0.2, 0.25) is 5.95 Å². The predicted molar refractivity (Wildman–Crippen MR) is 178 cm³/mol. The molecule has 0 aromatic carbocycles. The van der Waals surface area contributed by atoms with Crippen LogP contribution >= 0.6 is 0 Å². The molecule has 8 nitrogen and oxygen atoms in total. The van der Waals surface area contributed by atoms with Gasteiger partial charge >= 0.3 is 0 Å². The Morgan fingerprint density at radius 2 is 1.42 bits per heavy atom. The van der Waals surface area contributed by atoms with Crippen LogP contribution in [0.2, 0.25) is 0 Å². The van der Waals surface area contributed by atoms with E-state index in [1.165, 1.54) is 42.5 Å². The number of rotatable bonds is 5. The number of carbonyl (C=O) groups excluding carboxylic acids is 2. The first-order valence-electron chi connectivity index (χ1n) is 17.8. The Bertz CT molecular complexity index is 1440. The minimum Gasteiger partial charge on any atom is -0.370 e. The first-order valence-corrected chi connectivity index (χ1v) is 17.8. The van der Waals surface area contributed by atoms with Gasteiger partial charge in [0.25, 0.3) is 0 Å². The van der Waals surface area contributed by atoms with Gasteiger partial charge in [-0.1, -0.05) is 24.1 Å². The van der Waals surface area contributed by atoms with Crippen molar-refractivity contribution in [1.29, 1.82) is 0 Å². The minimum absolute atomic E-state index is 0.0664. The van der Waals surface area contributed by atoms with Crippen molar-refractivity contribution in [2.24, 2.45) is 28.6 Å². The second-order valence-electron chi connectivity index (χ2n) is 15.3. The van der Waals surface area contributed by atoms with Crippen molar-refractivity contribution in [3.8, 4) is 0 Å². The number of allylic oxidation sites excluding steroid dienone is 4. The van der Waals surface area contributed by atoms with Crippen LogP contribution in [0.25, 0.3) is 0 Å². The molecule has 0 N–H and O–H groups in total. The zero-order valence-corrected chi connectivity index (χ0v) is 27.6. The van der Waals surface area contributed by atoms with Crippen LogP contribution in [-0.2, 0) is 9.59 Å². The molecule has 0 radical (unpaired) electrons. The largest absolute Gasteiger partial charge is 0.370 e. The van der Waals surface area contributed by atoms with Gasteiger partial charge in [-0.2, -0.15) is 9.97 Å². The molecular weight excluding hydrogens is 560 g/mol. The summed E-state index contributed by atoms with van der Waals surface area (Å²) in [5.41, 5.74) is 3.84. The number of aromatic nitrogens is 2. The van der Waals surface area contributed by atoms with Crippen LogP contribution < -0.4 is 14.7 Å². The fourth-order valence-corrected chi connectivity index (χ4v) is 10.6. The van der Waals surface area contributed by atoms with Gasteiger partial charge in [0.15, 0.2) is 5.78 Å². The molecule has 3 aliphatic heterocycles. The van der Waals surface area contributed by atoms with Gasteiger partial charge in [-0.15, -0.1) is 0 Å². The molecule has 4 heterocycles. The average molecular weight is 611 g/mol. The van der Waals surface area contributed by atoms with Crippen LogP contribution in [0.1, 0.15) is 78.6 Å². The Kier molecular flexibility index (Phi) is 7.14. The van der Waals surface area contributed by atoms with Gasteiger partial charge in [0, 0.05) is 76.1 Å². The monoisotopic (exact) mass is 610 g/mol. The van der Waals surface area contributed by atoms with E-state index >= 15 is 0 Å². The fraction of sp³-hybridized carbons (Fsp3) is 0.676. The number of nitrogens with zero attached hydrogens (tertiary/aromatic N) is 6. The van der Waals surface area contributed by atoms with Crippen molar-refractivity contribution in [3.63, 3.8) is 0 Å². The van der Waals surface area contributed by atoms with Crippen LogP contribution in [0.4, 0.5) is 17.6 Å². The number of ketones is 2. The maximum atomic E-state index is 13.2. The fourth-order valence-electron chi connectivity index (χ4n) is 10.6. The van der Waals surface area contributed by atoms with Gasteiger partial charge in [-0.3, -0.25) is 9.59 Å². The Hall–Kier alpha value is -3.16. The van der Waals surface area contributed by atoms with Crippen molar-refractivity contribution in [3.05, 3.63) is 41.1 Å². The summed E-state index contributed by atoms with van der Waals surface area (Å²) >= 11 is 0. The molecule has 0 spiro atoms. The molecule has 8 rings (SSSR count). The van der Waals surface area contributed by atoms with Crippen LogP contribution in [0, 0.1) is 28.6 Å². The predicted octanol–water partition coefficient (Wildman–Crippen LogP) is 5.56. The molecule has 1 aromatic rings. The second-order valence-corrected chi connectivity index (χ2v) is 15.3. The van der Waals surface area contributed by atoms with E-state index in [1.807, 2.05) is 12.2 Å². The second kappa shape index (κ2) is 11.0. The standard InChI is InChI=1S/C37H50N6O2/c1-25(44)29-10-11-30-28-9-8-26-22-27(45)23-32(37(26,3)31(28)12-13-36(29,30)2)40-18-20-42(21-19-40)34-24-33(41-14-4-5-15-41)38-35(39-34)43-16-6-7-17-43/h12,22-24,28-30H,4-11,13-21H2,1-3H3/t28-,29+,30-,36+,37-/m0/s1. The van der Waals surface area contributed by atoms with E-state index in [4.69, 9.17) is 9.97 Å². The molecule has 4 aliphatic carbocycles. The van der Waals surface area contributed by atoms with Crippen molar-refractivity contribution < 1.29 is 9.59 Å². The van der Waals surface area contributed by atoms with E-state index in [0.29, 0.717) is 17.6 Å². The molecule has 0 unspecified atom stereocenters. The quantitative estimate of drug-likeness (QED) is 0.402. The van der Waals surface area contributed by atoms with Gasteiger partial charge in [-0.25, -0.2) is 0 Å². The first-order chi connectivity index (χ1) is 21.8. The van der Waals surface area contributed by atoms with Crippen molar-refractivity contribution in [1.82, 2.24) is 14.9 Å². The molecule has 0 bridgehead atoms. The molecule has 5 atom stereocenters. The third kappa shape index (κ3) is 4.67. The lowest BCUT2D eigenvalue weighted by molar-refractivity contribution is -0.124. The van der Waals surface area contributed by atoms with Gasteiger partial charge in [0.05, 0.1) is 5.41 Å². The number of piperazine rings is 1. The van der Waals surface area contributed by atoms with Gasteiger partial charge in [-0.05, 0) is 95.0 Å². The topological polar surface area (TPSA) is 72.9 Å². The van der Waals surface area contributed by atoms with Crippen LogP contribution in [0.15, 0.2) is 41.1 Å². The molecule has 0 amide bonds. The first kappa shape index (κ1) is 29.3. The highest BCUT2D eigenvalue weighted by Gasteiger charge is 2.58. The van der Waals surface area contributed by atoms with Crippen molar-refractivity contribution in [2.75, 3.05) is 67.1 Å². The third-order valence-corrected chi connectivity index (χ3v) is 13.0. The number of carbonyl (C=O) groups is 2. The zero-order valence-electron chi connectivity index (χ0n) is 27.6. The molecular formula is C37H50N6O2. The third-order valence-electron chi connectivity index (χ3n) is 13.0. The van der Waals surface area contributed by atoms with E-state index in [0.717, 1.165) is 102 Å². The lowest BCUT2D eigenvalue weighted by atomic mass is 9.51. The Labute approximate surface area is 268 Å². The lowest BCUT2D eigenvalue weighted by Crippen LogP contribution is -2.52. The summed E-state index contributed by atoms with van der Waals surface area (Å²) in [5.74, 6) is 4.73. The van der Waals surface area contributed by atoms with Gasteiger partial charge in [0.1, 0.15) is 17.4 Å². The molecule has 8 heteroatoms. The highest BCUT2D eigenvalue weighted by atomic mass is 16.1. The summed E-state index contributed by atoms with van der Waals surface area (Å²) < 4.78 is 0. The smallest absolute Gasteiger partial charge is 0.229 e. The van der Waals surface area contributed by atoms with Crippen molar-refractivity contribution >= 4 is 29.2 Å². The van der Waals surface area contributed by atoms with E-state index < -0.39 is 0 Å². The van der Waals surface area contributed by atoms with E-state index in [-0.39, 0.29) is 22.5 Å². The maximum Gasteiger partial charge on any atom is 0.229 e. The summed E-state index contributed by atoms with van der Waals surface area (Å²) in [5, 5.41) is 0. The average Bonchev–Trinajstić information content (AvgIpc) is 3.83. The maximum absolute atomic E-state index is 13.2. The van der Waals surface area contributed by atoms with E-state index in [9.17, 15) is 9.59 Å². The SMILES string of the molecule is CC(=O)[C@H]1CC[C@H]2[C@@H]3CCC4=CC(=O)C=C(N5CCN(c6cc(N7CCCC7)nc(N7CCCC7)n6)CC5)[C@]4(C)C3=CC[C@]12C. The Morgan fingerprint density at radius 3 is 2.09 bits per heavy atom. The van der Waals surface area contributed by atoms with Crippen molar-refractivity contribution in [2.45, 2.75) is 78.6 Å². The lowest BCUT2D eigenvalue weighted by Gasteiger charge is -2.55. The Morgan fingerprint density at radius 1 is 0.800 bits per heavy atom.